The van der Waals surface area contributed by atoms with Crippen molar-refractivity contribution in [1.29, 1.82) is 0 Å². The Morgan fingerprint density at radius 1 is 0.463 bits per heavy atom. The van der Waals surface area contributed by atoms with Gasteiger partial charge in [-0.2, -0.15) is 0 Å². The maximum atomic E-state index is 4.81. The fourth-order valence-corrected chi connectivity index (χ4v) is 18.2. The molecule has 4 aliphatic carbocycles. The monoisotopic (exact) mass is 726 g/mol. The van der Waals surface area contributed by atoms with Crippen LogP contribution < -0.4 is 10.6 Å². The maximum absolute atomic E-state index is 4.81. The van der Waals surface area contributed by atoms with E-state index in [1.54, 1.807) is 22.3 Å². The Hall–Kier alpha value is 0.542. The molecule has 0 aromatic heterocycles. The van der Waals surface area contributed by atoms with Gasteiger partial charge in [0.15, 0.2) is 0 Å². The van der Waals surface area contributed by atoms with Crippen LogP contribution in [0.15, 0.2) is 36.4 Å². The van der Waals surface area contributed by atoms with Crippen LogP contribution in [0.2, 0.25) is 0 Å². The Kier molecular flexibility index (Phi) is 15.0. The molecule has 0 amide bonds. The topological polar surface area (TPSA) is 0 Å². The van der Waals surface area contributed by atoms with Gasteiger partial charge in [-0.1, -0.05) is 36.4 Å². The van der Waals surface area contributed by atoms with Crippen LogP contribution >= 0.6 is 34.9 Å². The van der Waals surface area contributed by atoms with E-state index < -0.39 is 0 Å². The molecule has 0 spiro atoms. The van der Waals surface area contributed by atoms with Gasteiger partial charge in [-0.3, -0.25) is 0 Å². The summed E-state index contributed by atoms with van der Waals surface area (Å²) in [5.41, 5.74) is 10.7. The Morgan fingerprint density at radius 2 is 0.659 bits per heavy atom. The van der Waals surface area contributed by atoms with Crippen LogP contribution in [0.4, 0.5) is 0 Å². The zero-order valence-corrected chi connectivity index (χ0v) is 31.2. The fourth-order valence-electron chi connectivity index (χ4n) is 8.97. The van der Waals surface area contributed by atoms with Gasteiger partial charge in [-0.15, -0.1) is 0 Å². The van der Waals surface area contributed by atoms with Crippen LogP contribution in [0.5, 0.6) is 0 Å². The molecule has 0 nitrogen and oxygen atoms in total. The summed E-state index contributed by atoms with van der Waals surface area (Å²) in [6, 6.07) is 13.9. The summed E-state index contributed by atoms with van der Waals surface area (Å²) in [6.07, 6.45) is 24.2. The number of halogens is 2. The molecule has 4 fully saturated rings. The Balaban J connectivity index is 0.000000173. The van der Waals surface area contributed by atoms with Gasteiger partial charge in [-0.05, 0) is 153 Å². The number of hydrogen-bond acceptors (Lipinski definition) is 0. The number of rotatable bonds is 6. The average molecular weight is 728 g/mol. The third kappa shape index (κ3) is 9.28. The van der Waals surface area contributed by atoms with Crippen LogP contribution in [0.3, 0.4) is 0 Å². The van der Waals surface area contributed by atoms with Crippen molar-refractivity contribution in [3.8, 4) is 0 Å². The van der Waals surface area contributed by atoms with Crippen molar-refractivity contribution in [2.45, 2.75) is 153 Å². The molecule has 0 aliphatic heterocycles. The predicted octanol–water partition coefficient (Wildman–Crippen LogP) is 11.4. The van der Waals surface area contributed by atoms with E-state index in [-0.39, 0.29) is 31.8 Å². The van der Waals surface area contributed by atoms with Gasteiger partial charge in [-0.25, -0.2) is 0 Å². The molecule has 2 aromatic rings. The van der Waals surface area contributed by atoms with Gasteiger partial charge < -0.3 is 0 Å². The molecular weight excluding hydrogens is 672 g/mol. The van der Waals surface area contributed by atoms with Crippen molar-refractivity contribution in [2.24, 2.45) is 0 Å². The molecule has 5 heteroatoms. The van der Waals surface area contributed by atoms with Crippen molar-refractivity contribution < 1.29 is 15.9 Å². The van der Waals surface area contributed by atoms with E-state index in [1.165, 1.54) is 103 Å². The van der Waals surface area contributed by atoms with Crippen molar-refractivity contribution in [3.05, 3.63) is 58.7 Å². The van der Waals surface area contributed by atoms with Crippen molar-refractivity contribution in [3.63, 3.8) is 0 Å². The second-order valence-electron chi connectivity index (χ2n) is 13.4. The van der Waals surface area contributed by atoms with Crippen LogP contribution in [-0.2, 0) is 15.9 Å². The summed E-state index contributed by atoms with van der Waals surface area (Å²) in [4.78, 5) is 0. The Labute approximate surface area is 271 Å². The summed E-state index contributed by atoms with van der Waals surface area (Å²) in [5.74, 6) is 0. The van der Waals surface area contributed by atoms with E-state index in [0.717, 1.165) is 22.6 Å². The summed E-state index contributed by atoms with van der Waals surface area (Å²) >= 11 is -0.106. The predicted molar refractivity (Wildman–Crippen MR) is 188 cm³/mol. The van der Waals surface area contributed by atoms with E-state index >= 15 is 0 Å². The summed E-state index contributed by atoms with van der Waals surface area (Å²) in [5, 5.41) is 3.65. The fraction of sp³-hybridized carbons (Fsp3) is 0.667. The zero-order valence-electron chi connectivity index (χ0n) is 26.2. The summed E-state index contributed by atoms with van der Waals surface area (Å²) < 4.78 is 0. The second kappa shape index (κ2) is 17.9. The first kappa shape index (κ1) is 34.4. The molecule has 0 saturated heterocycles. The molecule has 0 N–H and O–H groups in total. The van der Waals surface area contributed by atoms with E-state index in [4.69, 9.17) is 19.1 Å². The third-order valence-electron chi connectivity index (χ3n) is 10.7. The van der Waals surface area contributed by atoms with Crippen molar-refractivity contribution >= 4 is 45.5 Å². The molecule has 0 atom stereocenters. The molecule has 41 heavy (non-hydrogen) atoms. The van der Waals surface area contributed by atoms with Crippen LogP contribution in [0.1, 0.15) is 125 Å². The van der Waals surface area contributed by atoms with Gasteiger partial charge in [0.25, 0.3) is 0 Å². The van der Waals surface area contributed by atoms with Crippen LogP contribution in [0, 0.1) is 27.7 Å². The molecule has 4 aliphatic rings. The molecule has 4 saturated carbocycles. The minimum atomic E-state index is -0.338. The number of aryl methyl sites for hydroxylation is 4. The van der Waals surface area contributed by atoms with Crippen molar-refractivity contribution in [1.82, 2.24) is 0 Å². The second-order valence-corrected chi connectivity index (χ2v) is 21.9. The first-order valence-corrected chi connectivity index (χ1v) is 24.0. The zero-order chi connectivity index (χ0) is 29.2. The van der Waals surface area contributed by atoms with Crippen molar-refractivity contribution in [2.75, 3.05) is 0 Å². The standard InChI is InChI=1S/2C18H27P.2ClH.Pd/c2*1-14-8-7-9-15(2)18(14)19(16-10-3-4-11-16)17-12-5-6-13-17;;;/h2*7-9,16-17H,3-6,10-13H2,1-2H3;2*1H;/q;;;;+2. The molecule has 6 rings (SSSR count). The van der Waals surface area contributed by atoms with E-state index in [9.17, 15) is 0 Å². The SMILES string of the molecule is Cc1cccc(C)c1[PH+](C1CCCC1)C1CCCC1.Cc1cccc(C)c1[PH+](C1CCCC1)C1CCCC1.[Cl][Pd][Cl]. The molecule has 0 unspecified atom stereocenters. The average Bonchev–Trinajstić information content (AvgIpc) is 3.78. The van der Waals surface area contributed by atoms with Gasteiger partial charge in [0.05, 0.1) is 33.2 Å². The molecule has 232 valence electrons. The van der Waals surface area contributed by atoms with E-state index in [2.05, 4.69) is 64.1 Å². The molecular formula is C36H56Cl2P2Pd+2. The molecule has 0 heterocycles. The Morgan fingerprint density at radius 3 is 0.854 bits per heavy atom. The molecule has 0 radical (unpaired) electrons. The molecule has 2 aromatic carbocycles. The van der Waals surface area contributed by atoms with Gasteiger partial charge >= 0.3 is 35.0 Å². The van der Waals surface area contributed by atoms with Gasteiger partial charge in [0, 0.05) is 15.8 Å². The van der Waals surface area contributed by atoms with Gasteiger partial charge in [0.1, 0.15) is 0 Å². The number of hydrogen-bond donors (Lipinski definition) is 0. The van der Waals surface area contributed by atoms with Crippen LogP contribution in [0.25, 0.3) is 0 Å². The quantitative estimate of drug-likeness (QED) is 0.205. The number of benzene rings is 2. The third-order valence-corrected chi connectivity index (χ3v) is 19.3. The summed E-state index contributed by atoms with van der Waals surface area (Å²) in [7, 11) is 8.95. The normalized spacial score (nSPS) is 20.6. The Bertz CT molecular complexity index is 896. The van der Waals surface area contributed by atoms with E-state index in [1.807, 2.05) is 10.6 Å². The first-order chi connectivity index (χ1) is 20.0. The first-order valence-electron chi connectivity index (χ1n) is 16.6. The van der Waals surface area contributed by atoms with Crippen LogP contribution in [-0.4, -0.2) is 22.6 Å². The summed E-state index contributed by atoms with van der Waals surface area (Å²) in [6.45, 7) is 9.43. The minimum absolute atomic E-state index is 0.106. The van der Waals surface area contributed by atoms with E-state index in [0.29, 0.717) is 0 Å². The molecule has 0 bridgehead atoms. The van der Waals surface area contributed by atoms with Gasteiger partial charge in [0.2, 0.25) is 0 Å².